The Bertz CT molecular complexity index is 672. The summed E-state index contributed by atoms with van der Waals surface area (Å²) in [6, 6.07) is 4.86. The summed E-state index contributed by atoms with van der Waals surface area (Å²) in [4.78, 5) is 8.62. The summed E-state index contributed by atoms with van der Waals surface area (Å²) < 4.78 is 0. The molecule has 124 valence electrons. The number of unbranched alkanes of at least 4 members (excludes halogenated alkanes) is 2. The summed E-state index contributed by atoms with van der Waals surface area (Å²) in [5, 5.41) is 19.5. The molecule has 0 spiro atoms. The Balaban J connectivity index is 1.51. The van der Waals surface area contributed by atoms with Crippen LogP contribution in [-0.2, 0) is 6.42 Å². The average Bonchev–Trinajstić information content (AvgIpc) is 2.93. The van der Waals surface area contributed by atoms with Gasteiger partial charge in [-0.1, -0.05) is 45.4 Å². The maximum Gasteiger partial charge on any atom is 0.233 e. The van der Waals surface area contributed by atoms with Crippen molar-refractivity contribution in [3.63, 3.8) is 0 Å². The van der Waals surface area contributed by atoms with Crippen LogP contribution in [-0.4, -0.2) is 20.2 Å². The predicted octanol–water partition coefficient (Wildman–Crippen LogP) is 4.58. The van der Waals surface area contributed by atoms with Crippen molar-refractivity contribution in [2.24, 2.45) is 11.8 Å². The molecule has 4 nitrogen and oxygen atoms in total. The van der Waals surface area contributed by atoms with Crippen molar-refractivity contribution < 1.29 is 10.2 Å². The van der Waals surface area contributed by atoms with Gasteiger partial charge in [0.1, 0.15) is 11.4 Å². The monoisotopic (exact) mass is 314 g/mol. The van der Waals surface area contributed by atoms with Crippen LogP contribution in [0.1, 0.15) is 57.6 Å². The topological polar surface area (TPSA) is 66.2 Å². The van der Waals surface area contributed by atoms with E-state index in [4.69, 9.17) is 0 Å². The van der Waals surface area contributed by atoms with Crippen molar-refractivity contribution in [3.05, 3.63) is 23.9 Å². The summed E-state index contributed by atoms with van der Waals surface area (Å²) >= 11 is 0. The molecule has 23 heavy (non-hydrogen) atoms. The van der Waals surface area contributed by atoms with Gasteiger partial charge < -0.3 is 10.2 Å². The van der Waals surface area contributed by atoms with Crippen LogP contribution in [0, 0.1) is 11.8 Å². The number of phenolic OH excluding ortho intramolecular Hbond substituents is 1. The van der Waals surface area contributed by atoms with Gasteiger partial charge >= 0.3 is 0 Å². The van der Waals surface area contributed by atoms with Crippen molar-refractivity contribution in [1.29, 1.82) is 0 Å². The molecule has 0 bridgehead atoms. The van der Waals surface area contributed by atoms with E-state index >= 15 is 0 Å². The van der Waals surface area contributed by atoms with Crippen LogP contribution in [0.3, 0.4) is 0 Å². The van der Waals surface area contributed by atoms with Gasteiger partial charge in [0.15, 0.2) is 0 Å². The summed E-state index contributed by atoms with van der Waals surface area (Å²) in [5.74, 6) is 1.96. The Morgan fingerprint density at radius 1 is 1.04 bits per heavy atom. The Labute approximate surface area is 137 Å². The van der Waals surface area contributed by atoms with Gasteiger partial charge in [-0.05, 0) is 36.8 Å². The van der Waals surface area contributed by atoms with E-state index < -0.39 is 0 Å². The number of aromatic nitrogens is 2. The molecule has 3 rings (SSSR count). The first kappa shape index (κ1) is 16.0. The molecule has 4 heteroatoms. The molecule has 1 aliphatic rings. The number of aromatic hydroxyl groups is 2. The standard InChI is InChI=1S/C19H26N2O2/c1-13-6-5-8-14(13)7-3-2-4-9-17-19(23)21-18-12-15(22)10-11-16(18)20-17/h10-14,22H,2-9H2,1H3,(H,21,23)/t13?,14-/m1/s1. The number of fused-ring (bicyclic) bond motifs is 1. The number of hydrogen-bond donors (Lipinski definition) is 2. The highest BCUT2D eigenvalue weighted by Crippen LogP contribution is 2.34. The molecular formula is C19H26N2O2. The second-order valence-corrected chi connectivity index (χ2v) is 6.93. The summed E-state index contributed by atoms with van der Waals surface area (Å²) in [7, 11) is 0. The van der Waals surface area contributed by atoms with Crippen LogP contribution in [0.25, 0.3) is 11.0 Å². The van der Waals surface area contributed by atoms with Gasteiger partial charge in [-0.3, -0.25) is 0 Å². The minimum Gasteiger partial charge on any atom is -0.508 e. The smallest absolute Gasteiger partial charge is 0.233 e. The van der Waals surface area contributed by atoms with E-state index in [-0.39, 0.29) is 11.6 Å². The average molecular weight is 314 g/mol. The fourth-order valence-electron chi connectivity index (χ4n) is 3.76. The lowest BCUT2D eigenvalue weighted by Crippen LogP contribution is -2.03. The molecular weight excluding hydrogens is 288 g/mol. The Hall–Kier alpha value is -1.84. The van der Waals surface area contributed by atoms with E-state index in [1.165, 1.54) is 44.6 Å². The maximum absolute atomic E-state index is 10.0. The number of phenols is 1. The van der Waals surface area contributed by atoms with Crippen LogP contribution in [0.4, 0.5) is 0 Å². The van der Waals surface area contributed by atoms with Crippen molar-refractivity contribution in [3.8, 4) is 11.6 Å². The molecule has 1 aromatic carbocycles. The fourth-order valence-corrected chi connectivity index (χ4v) is 3.76. The van der Waals surface area contributed by atoms with Crippen molar-refractivity contribution in [1.82, 2.24) is 9.97 Å². The first-order valence-corrected chi connectivity index (χ1v) is 8.82. The molecule has 2 atom stereocenters. The van der Waals surface area contributed by atoms with E-state index in [1.807, 2.05) is 0 Å². The number of hydrogen-bond acceptors (Lipinski definition) is 4. The largest absolute Gasteiger partial charge is 0.508 e. The molecule has 1 unspecified atom stereocenters. The second kappa shape index (κ2) is 7.16. The molecule has 0 amide bonds. The van der Waals surface area contributed by atoms with E-state index in [0.29, 0.717) is 11.2 Å². The predicted molar refractivity (Wildman–Crippen MR) is 91.5 cm³/mol. The number of rotatable bonds is 6. The Kier molecular flexibility index (Phi) is 4.99. The lowest BCUT2D eigenvalue weighted by Gasteiger charge is -2.14. The van der Waals surface area contributed by atoms with Gasteiger partial charge in [0, 0.05) is 6.07 Å². The summed E-state index contributed by atoms with van der Waals surface area (Å²) in [5.41, 5.74) is 1.91. The third kappa shape index (κ3) is 3.92. The number of aryl methyl sites for hydroxylation is 1. The maximum atomic E-state index is 10.0. The molecule has 1 fully saturated rings. The molecule has 1 saturated carbocycles. The normalized spacial score (nSPS) is 21.1. The lowest BCUT2D eigenvalue weighted by atomic mass is 9.92. The number of benzene rings is 1. The Morgan fingerprint density at radius 2 is 1.91 bits per heavy atom. The highest BCUT2D eigenvalue weighted by atomic mass is 16.3. The zero-order valence-corrected chi connectivity index (χ0v) is 13.8. The van der Waals surface area contributed by atoms with Crippen LogP contribution < -0.4 is 0 Å². The lowest BCUT2D eigenvalue weighted by molar-refractivity contribution is 0.374. The third-order valence-electron chi connectivity index (χ3n) is 5.23. The van der Waals surface area contributed by atoms with E-state index in [2.05, 4.69) is 16.9 Å². The van der Waals surface area contributed by atoms with Gasteiger partial charge in [0.05, 0.1) is 11.0 Å². The van der Waals surface area contributed by atoms with Crippen molar-refractivity contribution >= 4 is 11.0 Å². The molecule has 0 saturated heterocycles. The molecule has 2 aromatic rings. The van der Waals surface area contributed by atoms with Gasteiger partial charge in [-0.2, -0.15) is 0 Å². The minimum absolute atomic E-state index is 0.00693. The summed E-state index contributed by atoms with van der Waals surface area (Å²) in [6.45, 7) is 2.39. The quantitative estimate of drug-likeness (QED) is 0.766. The molecule has 0 radical (unpaired) electrons. The molecule has 1 aliphatic carbocycles. The SMILES string of the molecule is CC1CCC[C@H]1CCCCCc1nc2ccc(O)cc2nc1O. The van der Waals surface area contributed by atoms with Gasteiger partial charge in [0.25, 0.3) is 0 Å². The van der Waals surface area contributed by atoms with E-state index in [1.54, 1.807) is 12.1 Å². The molecule has 1 heterocycles. The zero-order chi connectivity index (χ0) is 16.2. The zero-order valence-electron chi connectivity index (χ0n) is 13.8. The van der Waals surface area contributed by atoms with Crippen LogP contribution in [0.15, 0.2) is 18.2 Å². The van der Waals surface area contributed by atoms with Gasteiger partial charge in [-0.15, -0.1) is 0 Å². The molecule has 1 aromatic heterocycles. The minimum atomic E-state index is -0.00693. The second-order valence-electron chi connectivity index (χ2n) is 6.93. The van der Waals surface area contributed by atoms with Crippen molar-refractivity contribution in [2.45, 2.75) is 58.3 Å². The van der Waals surface area contributed by atoms with Crippen molar-refractivity contribution in [2.75, 3.05) is 0 Å². The van der Waals surface area contributed by atoms with E-state index in [9.17, 15) is 10.2 Å². The molecule has 2 N–H and O–H groups in total. The Morgan fingerprint density at radius 3 is 2.70 bits per heavy atom. The summed E-state index contributed by atoms with van der Waals surface area (Å²) in [6.07, 6.45) is 9.80. The molecule has 0 aliphatic heterocycles. The van der Waals surface area contributed by atoms with Crippen LogP contribution in [0.5, 0.6) is 11.6 Å². The first-order valence-electron chi connectivity index (χ1n) is 8.82. The third-order valence-corrected chi connectivity index (χ3v) is 5.23. The van der Waals surface area contributed by atoms with Gasteiger partial charge in [0.2, 0.25) is 5.88 Å². The van der Waals surface area contributed by atoms with Crippen LogP contribution in [0.2, 0.25) is 0 Å². The first-order chi connectivity index (χ1) is 11.1. The highest BCUT2D eigenvalue weighted by Gasteiger charge is 2.22. The van der Waals surface area contributed by atoms with Crippen LogP contribution >= 0.6 is 0 Å². The van der Waals surface area contributed by atoms with Gasteiger partial charge in [-0.25, -0.2) is 9.97 Å². The fraction of sp³-hybridized carbons (Fsp3) is 0.579. The number of nitrogens with zero attached hydrogens (tertiary/aromatic N) is 2. The highest BCUT2D eigenvalue weighted by molar-refractivity contribution is 5.76. The van der Waals surface area contributed by atoms with E-state index in [0.717, 1.165) is 30.2 Å².